The van der Waals surface area contributed by atoms with Crippen LogP contribution in [0.3, 0.4) is 0 Å². The van der Waals surface area contributed by atoms with E-state index < -0.39 is 10.8 Å². The van der Waals surface area contributed by atoms with Gasteiger partial charge in [0.15, 0.2) is 0 Å². The first-order valence-electron chi connectivity index (χ1n) is 5.71. The molecule has 3 nitrogen and oxygen atoms in total. The molecule has 0 N–H and O–H groups in total. The van der Waals surface area contributed by atoms with Crippen LogP contribution in [0.1, 0.15) is 12.7 Å². The van der Waals surface area contributed by atoms with Crippen LogP contribution < -0.4 is 0 Å². The van der Waals surface area contributed by atoms with Gasteiger partial charge in [0.1, 0.15) is 5.82 Å². The van der Waals surface area contributed by atoms with Gasteiger partial charge >= 0.3 is 0 Å². The predicted octanol–water partition coefficient (Wildman–Crippen LogP) is 3.20. The zero-order valence-corrected chi connectivity index (χ0v) is 12.4. The van der Waals surface area contributed by atoms with Gasteiger partial charge in [-0.25, -0.2) is 4.98 Å². The van der Waals surface area contributed by atoms with E-state index in [9.17, 15) is 4.21 Å². The second kappa shape index (κ2) is 6.04. The summed E-state index contributed by atoms with van der Waals surface area (Å²) in [6.45, 7) is 2.57. The highest BCUT2D eigenvalue weighted by molar-refractivity contribution is 7.84. The van der Waals surface area contributed by atoms with Crippen LogP contribution in [-0.2, 0) is 23.2 Å². The lowest BCUT2D eigenvalue weighted by Crippen LogP contribution is -2.11. The van der Waals surface area contributed by atoms with E-state index in [1.807, 2.05) is 29.7 Å². The van der Waals surface area contributed by atoms with Crippen LogP contribution in [0.15, 0.2) is 18.2 Å². The quantitative estimate of drug-likeness (QED) is 0.795. The van der Waals surface area contributed by atoms with Gasteiger partial charge in [-0.1, -0.05) is 18.5 Å². The van der Waals surface area contributed by atoms with Crippen molar-refractivity contribution in [3.8, 4) is 0 Å². The molecule has 6 heteroatoms. The van der Waals surface area contributed by atoms with E-state index in [0.717, 1.165) is 16.9 Å². The van der Waals surface area contributed by atoms with Crippen molar-refractivity contribution in [1.82, 2.24) is 9.55 Å². The number of benzene rings is 1. The van der Waals surface area contributed by atoms with E-state index in [1.54, 1.807) is 0 Å². The fraction of sp³-hybridized carbons (Fsp3) is 0.417. The SMILES string of the molecule is CCS(=O)CCn1c(CCl)nc2ccc(Cl)cc21. The lowest BCUT2D eigenvalue weighted by Gasteiger charge is -2.07. The van der Waals surface area contributed by atoms with E-state index in [2.05, 4.69) is 4.98 Å². The van der Waals surface area contributed by atoms with Crippen molar-refractivity contribution in [2.45, 2.75) is 19.3 Å². The zero-order valence-electron chi connectivity index (χ0n) is 10.0. The van der Waals surface area contributed by atoms with Gasteiger partial charge in [-0.3, -0.25) is 4.21 Å². The lowest BCUT2D eigenvalue weighted by atomic mass is 10.3. The largest absolute Gasteiger partial charge is 0.326 e. The highest BCUT2D eigenvalue weighted by Crippen LogP contribution is 2.21. The third kappa shape index (κ3) is 2.87. The molecule has 0 spiro atoms. The van der Waals surface area contributed by atoms with Crippen LogP contribution in [0.2, 0.25) is 5.02 Å². The number of rotatable bonds is 5. The molecule has 0 saturated heterocycles. The first-order chi connectivity index (χ1) is 8.65. The number of aryl methyl sites for hydroxylation is 1. The Hall–Kier alpha value is -0.580. The highest BCUT2D eigenvalue weighted by atomic mass is 35.5. The standard InChI is InChI=1S/C12H14Cl2N2OS/c1-2-18(17)6-5-16-11-7-9(14)3-4-10(11)15-12(16)8-13/h3-4,7H,2,5-6,8H2,1H3. The molecule has 0 aliphatic carbocycles. The fourth-order valence-corrected chi connectivity index (χ4v) is 2.88. The summed E-state index contributed by atoms with van der Waals surface area (Å²) in [4.78, 5) is 4.45. The average molecular weight is 305 g/mol. The van der Waals surface area contributed by atoms with Crippen LogP contribution in [0.4, 0.5) is 0 Å². The van der Waals surface area contributed by atoms with Crippen LogP contribution in [0, 0.1) is 0 Å². The molecule has 1 atom stereocenters. The third-order valence-electron chi connectivity index (χ3n) is 2.77. The summed E-state index contributed by atoms with van der Waals surface area (Å²) >= 11 is 11.9. The molecule has 0 bridgehead atoms. The van der Waals surface area contributed by atoms with Gasteiger partial charge in [-0.15, -0.1) is 11.6 Å². The van der Waals surface area contributed by atoms with Gasteiger partial charge in [-0.05, 0) is 18.2 Å². The van der Waals surface area contributed by atoms with Crippen LogP contribution >= 0.6 is 23.2 Å². The lowest BCUT2D eigenvalue weighted by molar-refractivity contribution is 0.673. The highest BCUT2D eigenvalue weighted by Gasteiger charge is 2.11. The van der Waals surface area contributed by atoms with Crippen molar-refractivity contribution in [2.75, 3.05) is 11.5 Å². The van der Waals surface area contributed by atoms with E-state index >= 15 is 0 Å². The van der Waals surface area contributed by atoms with Crippen LogP contribution in [-0.4, -0.2) is 25.3 Å². The number of imidazole rings is 1. The van der Waals surface area contributed by atoms with Crippen molar-refractivity contribution in [3.05, 3.63) is 29.0 Å². The number of aromatic nitrogens is 2. The molecule has 98 valence electrons. The minimum absolute atomic E-state index is 0.338. The zero-order chi connectivity index (χ0) is 13.1. The first-order valence-corrected chi connectivity index (χ1v) is 8.11. The van der Waals surface area contributed by atoms with Crippen LogP contribution in [0.5, 0.6) is 0 Å². The van der Waals surface area contributed by atoms with E-state index in [1.165, 1.54) is 0 Å². The maximum absolute atomic E-state index is 11.5. The molecular weight excluding hydrogens is 291 g/mol. The Balaban J connectivity index is 2.39. The van der Waals surface area contributed by atoms with Gasteiger partial charge in [0.2, 0.25) is 0 Å². The van der Waals surface area contributed by atoms with Crippen molar-refractivity contribution in [3.63, 3.8) is 0 Å². The van der Waals surface area contributed by atoms with Crippen LogP contribution in [0.25, 0.3) is 11.0 Å². The summed E-state index contributed by atoms with van der Waals surface area (Å²) in [5.74, 6) is 2.41. The van der Waals surface area contributed by atoms with E-state index in [4.69, 9.17) is 23.2 Å². The number of alkyl halides is 1. The Labute approximate surface area is 119 Å². The molecule has 1 aromatic heterocycles. The number of fused-ring (bicyclic) bond motifs is 1. The Bertz CT molecular complexity index is 583. The van der Waals surface area contributed by atoms with Crippen molar-refractivity contribution < 1.29 is 4.21 Å². The number of hydrogen-bond acceptors (Lipinski definition) is 2. The summed E-state index contributed by atoms with van der Waals surface area (Å²) in [5.41, 5.74) is 1.82. The van der Waals surface area contributed by atoms with Crippen molar-refractivity contribution in [2.24, 2.45) is 0 Å². The first kappa shape index (κ1) is 13.8. The van der Waals surface area contributed by atoms with Gasteiger partial charge in [-0.2, -0.15) is 0 Å². The Kier molecular flexibility index (Phi) is 4.65. The molecule has 0 radical (unpaired) electrons. The molecule has 1 aromatic carbocycles. The summed E-state index contributed by atoms with van der Waals surface area (Å²) in [7, 11) is -0.795. The molecule has 0 aliphatic heterocycles. The smallest absolute Gasteiger partial charge is 0.124 e. The van der Waals surface area contributed by atoms with Crippen molar-refractivity contribution in [1.29, 1.82) is 0 Å². The van der Waals surface area contributed by atoms with Gasteiger partial charge in [0.25, 0.3) is 0 Å². The Morgan fingerprint density at radius 1 is 1.44 bits per heavy atom. The molecule has 1 unspecified atom stereocenters. The molecule has 1 heterocycles. The fourth-order valence-electron chi connectivity index (χ4n) is 1.83. The average Bonchev–Trinajstić information content (AvgIpc) is 2.73. The molecule has 0 aliphatic rings. The molecule has 0 saturated carbocycles. The Morgan fingerprint density at radius 3 is 2.89 bits per heavy atom. The van der Waals surface area contributed by atoms with Gasteiger partial charge in [0, 0.05) is 33.9 Å². The minimum atomic E-state index is -0.795. The predicted molar refractivity (Wildman–Crippen MR) is 77.9 cm³/mol. The number of halogens is 2. The monoisotopic (exact) mass is 304 g/mol. The number of hydrogen-bond donors (Lipinski definition) is 0. The van der Waals surface area contributed by atoms with Crippen molar-refractivity contribution >= 4 is 45.0 Å². The Morgan fingerprint density at radius 2 is 2.22 bits per heavy atom. The second-order valence-corrected chi connectivity index (χ2v) is 6.45. The molecule has 2 aromatic rings. The molecule has 2 rings (SSSR count). The minimum Gasteiger partial charge on any atom is -0.326 e. The van der Waals surface area contributed by atoms with E-state index in [0.29, 0.717) is 29.0 Å². The summed E-state index contributed by atoms with van der Waals surface area (Å²) in [6.07, 6.45) is 0. The van der Waals surface area contributed by atoms with Gasteiger partial charge in [0.05, 0.1) is 16.9 Å². The molecule has 18 heavy (non-hydrogen) atoms. The maximum Gasteiger partial charge on any atom is 0.124 e. The molecular formula is C12H14Cl2N2OS. The second-order valence-electron chi connectivity index (χ2n) is 3.88. The summed E-state index contributed by atoms with van der Waals surface area (Å²) in [6, 6.07) is 5.55. The van der Waals surface area contributed by atoms with E-state index in [-0.39, 0.29) is 0 Å². The number of nitrogens with zero attached hydrogens (tertiary/aromatic N) is 2. The molecule has 0 fully saturated rings. The summed E-state index contributed by atoms with van der Waals surface area (Å²) in [5, 5.41) is 0.668. The third-order valence-corrected chi connectivity index (χ3v) is 4.53. The molecule has 0 amide bonds. The normalized spacial score (nSPS) is 13.1. The summed E-state index contributed by atoms with van der Waals surface area (Å²) < 4.78 is 13.5. The van der Waals surface area contributed by atoms with Gasteiger partial charge < -0.3 is 4.57 Å². The maximum atomic E-state index is 11.5. The topological polar surface area (TPSA) is 34.9 Å².